The van der Waals surface area contributed by atoms with Gasteiger partial charge in [-0.05, 0) is 54.8 Å². The summed E-state index contributed by atoms with van der Waals surface area (Å²) in [6.07, 6.45) is -3.34. The number of nitrogens with one attached hydrogen (secondary N) is 2. The first kappa shape index (κ1) is 25.0. The van der Waals surface area contributed by atoms with Crippen LogP contribution in [0.15, 0.2) is 84.9 Å². The number of alkyl halides is 3. The fraction of sp³-hybridized carbons (Fsp3) is 0.231. The predicted molar refractivity (Wildman–Crippen MR) is 122 cm³/mol. The molecule has 0 heterocycles. The summed E-state index contributed by atoms with van der Waals surface area (Å²) in [5.74, 6) is -1.30. The van der Waals surface area contributed by atoms with Crippen LogP contribution < -0.4 is 15.6 Å². The summed E-state index contributed by atoms with van der Waals surface area (Å²) in [5, 5.41) is 0. The van der Waals surface area contributed by atoms with Crippen LogP contribution in [0.4, 0.5) is 13.2 Å². The van der Waals surface area contributed by atoms with Crippen LogP contribution in [0.5, 0.6) is 5.75 Å². The van der Waals surface area contributed by atoms with Crippen LogP contribution >= 0.6 is 0 Å². The minimum absolute atomic E-state index is 0.0572. The number of halogens is 3. The van der Waals surface area contributed by atoms with Crippen molar-refractivity contribution in [3.8, 4) is 5.75 Å². The average Bonchev–Trinajstić information content (AvgIpc) is 2.84. The second-order valence-corrected chi connectivity index (χ2v) is 7.83. The summed E-state index contributed by atoms with van der Waals surface area (Å²) in [6.45, 7) is 1.69. The number of esters is 1. The summed E-state index contributed by atoms with van der Waals surface area (Å²) >= 11 is 0. The quantitative estimate of drug-likeness (QED) is 0.257. The van der Waals surface area contributed by atoms with Gasteiger partial charge < -0.3 is 4.74 Å². The molecule has 2 unspecified atom stereocenters. The van der Waals surface area contributed by atoms with Gasteiger partial charge in [-0.1, -0.05) is 55.5 Å². The zero-order valence-electron chi connectivity index (χ0n) is 18.5. The van der Waals surface area contributed by atoms with Gasteiger partial charge in [0, 0.05) is 11.6 Å². The monoisotopic (exact) mass is 470 g/mol. The summed E-state index contributed by atoms with van der Waals surface area (Å²) < 4.78 is 43.7. The minimum Gasteiger partial charge on any atom is -0.426 e. The molecule has 3 aromatic rings. The number of carbonyl (C=O) groups excluding carboxylic acids is 2. The molecule has 5 nitrogen and oxygen atoms in total. The number of ether oxygens (including phenoxy) is 1. The number of hydrogen-bond acceptors (Lipinski definition) is 4. The molecule has 2 atom stereocenters. The van der Waals surface area contributed by atoms with Crippen molar-refractivity contribution in [1.29, 1.82) is 0 Å². The third-order valence-electron chi connectivity index (χ3n) is 5.37. The van der Waals surface area contributed by atoms with Gasteiger partial charge in [-0.15, -0.1) is 0 Å². The highest BCUT2D eigenvalue weighted by molar-refractivity contribution is 5.93. The molecular formula is C26H25F3N2O3. The molecule has 0 spiro atoms. The van der Waals surface area contributed by atoms with Crippen molar-refractivity contribution in [3.05, 3.63) is 102 Å². The lowest BCUT2D eigenvalue weighted by atomic mass is 9.95. The van der Waals surface area contributed by atoms with Crippen LogP contribution in [0.2, 0.25) is 0 Å². The molecule has 34 heavy (non-hydrogen) atoms. The lowest BCUT2D eigenvalue weighted by molar-refractivity contribution is -0.139. The van der Waals surface area contributed by atoms with Crippen molar-refractivity contribution in [2.24, 2.45) is 5.92 Å². The molecule has 0 aliphatic heterocycles. The number of aryl methyl sites for hydroxylation is 1. The number of rotatable bonds is 9. The molecule has 2 N–H and O–H groups in total. The summed E-state index contributed by atoms with van der Waals surface area (Å²) in [6, 6.07) is 21.7. The van der Waals surface area contributed by atoms with Gasteiger partial charge in [0.2, 0.25) is 0 Å². The van der Waals surface area contributed by atoms with Crippen LogP contribution in [-0.4, -0.2) is 17.9 Å². The molecule has 0 fully saturated rings. The van der Waals surface area contributed by atoms with Crippen molar-refractivity contribution < 1.29 is 27.5 Å². The van der Waals surface area contributed by atoms with Gasteiger partial charge >= 0.3 is 12.1 Å². The van der Waals surface area contributed by atoms with Crippen LogP contribution in [0, 0.1) is 5.92 Å². The molecule has 3 rings (SSSR count). The fourth-order valence-corrected chi connectivity index (χ4v) is 3.32. The lowest BCUT2D eigenvalue weighted by Gasteiger charge is -2.24. The fourth-order valence-electron chi connectivity index (χ4n) is 3.32. The number of para-hydroxylation sites is 1. The number of hydrogen-bond donors (Lipinski definition) is 2. The van der Waals surface area contributed by atoms with Gasteiger partial charge in [-0.25, -0.2) is 5.43 Å². The third-order valence-corrected chi connectivity index (χ3v) is 5.37. The van der Waals surface area contributed by atoms with E-state index in [9.17, 15) is 22.8 Å². The molecule has 0 bridgehead atoms. The Balaban J connectivity index is 1.67. The minimum atomic E-state index is -4.48. The van der Waals surface area contributed by atoms with Gasteiger partial charge in [-0.2, -0.15) is 13.2 Å². The number of hydrazine groups is 1. The van der Waals surface area contributed by atoms with Gasteiger partial charge in [-0.3, -0.25) is 15.0 Å². The molecule has 3 aromatic carbocycles. The van der Waals surface area contributed by atoms with Crippen molar-refractivity contribution in [3.63, 3.8) is 0 Å². The molecule has 0 saturated heterocycles. The average molecular weight is 470 g/mol. The number of amides is 1. The van der Waals surface area contributed by atoms with Crippen LogP contribution in [0.1, 0.15) is 34.8 Å². The zero-order valence-corrected chi connectivity index (χ0v) is 18.5. The number of carbonyl (C=O) groups is 2. The highest BCUT2D eigenvalue weighted by atomic mass is 19.4. The van der Waals surface area contributed by atoms with Crippen molar-refractivity contribution in [2.75, 3.05) is 0 Å². The standard InChI is InChI=1S/C26H25F3N2O3/c1-18(25(33)34-22-10-6-3-7-11-22)23(17-12-19-8-4-2-5-9-19)30-31-24(32)20-13-15-21(16-14-20)26(27,28)29/h2-11,13-16,18,23,30H,12,17H2,1H3,(H,31,32). The molecule has 1 amide bonds. The Labute approximate surface area is 195 Å². The van der Waals surface area contributed by atoms with E-state index in [1.807, 2.05) is 36.4 Å². The molecule has 0 aromatic heterocycles. The summed E-state index contributed by atoms with van der Waals surface area (Å²) in [5.41, 5.74) is 5.67. The maximum absolute atomic E-state index is 12.8. The van der Waals surface area contributed by atoms with Gasteiger partial charge in [0.15, 0.2) is 0 Å². The number of benzene rings is 3. The summed E-state index contributed by atoms with van der Waals surface area (Å²) in [4.78, 5) is 25.2. The normalized spacial score (nSPS) is 13.1. The molecule has 0 aliphatic rings. The van der Waals surface area contributed by atoms with E-state index in [1.54, 1.807) is 31.2 Å². The first-order chi connectivity index (χ1) is 16.2. The highest BCUT2D eigenvalue weighted by Gasteiger charge is 2.30. The molecule has 0 radical (unpaired) electrons. The molecule has 178 valence electrons. The topological polar surface area (TPSA) is 67.4 Å². The van der Waals surface area contributed by atoms with Crippen molar-refractivity contribution >= 4 is 11.9 Å². The smallest absolute Gasteiger partial charge is 0.416 e. The van der Waals surface area contributed by atoms with Gasteiger partial charge in [0.1, 0.15) is 5.75 Å². The van der Waals surface area contributed by atoms with Crippen molar-refractivity contribution in [1.82, 2.24) is 10.9 Å². The van der Waals surface area contributed by atoms with E-state index in [1.165, 1.54) is 0 Å². The van der Waals surface area contributed by atoms with Crippen LogP contribution in [0.3, 0.4) is 0 Å². The Morgan fingerprint density at radius 1 is 0.882 bits per heavy atom. The molecule has 8 heteroatoms. The molecular weight excluding hydrogens is 445 g/mol. The van der Waals surface area contributed by atoms with Crippen LogP contribution in [-0.2, 0) is 17.4 Å². The van der Waals surface area contributed by atoms with E-state index < -0.39 is 35.6 Å². The zero-order chi connectivity index (χ0) is 24.6. The molecule has 0 aliphatic carbocycles. The lowest BCUT2D eigenvalue weighted by Crippen LogP contribution is -2.49. The molecule has 0 saturated carbocycles. The Hall–Kier alpha value is -3.65. The van der Waals surface area contributed by atoms with E-state index in [0.29, 0.717) is 18.6 Å². The predicted octanol–water partition coefficient (Wildman–Crippen LogP) is 5.18. The summed E-state index contributed by atoms with van der Waals surface area (Å²) in [7, 11) is 0. The Bertz CT molecular complexity index is 1070. The van der Waals surface area contributed by atoms with Gasteiger partial charge in [0.05, 0.1) is 11.5 Å². The van der Waals surface area contributed by atoms with E-state index in [2.05, 4.69) is 10.9 Å². The maximum Gasteiger partial charge on any atom is 0.416 e. The second kappa shape index (κ2) is 11.5. The van der Waals surface area contributed by atoms with E-state index in [-0.39, 0.29) is 5.56 Å². The highest BCUT2D eigenvalue weighted by Crippen LogP contribution is 2.29. The van der Waals surface area contributed by atoms with E-state index in [0.717, 1.165) is 29.8 Å². The van der Waals surface area contributed by atoms with E-state index in [4.69, 9.17) is 4.74 Å². The van der Waals surface area contributed by atoms with E-state index >= 15 is 0 Å². The first-order valence-electron chi connectivity index (χ1n) is 10.8. The first-order valence-corrected chi connectivity index (χ1v) is 10.8. The van der Waals surface area contributed by atoms with Crippen LogP contribution in [0.25, 0.3) is 0 Å². The van der Waals surface area contributed by atoms with Crippen molar-refractivity contribution in [2.45, 2.75) is 32.0 Å². The Morgan fingerprint density at radius 3 is 2.06 bits per heavy atom. The third kappa shape index (κ3) is 7.18. The van der Waals surface area contributed by atoms with Gasteiger partial charge in [0.25, 0.3) is 5.91 Å². The Kier molecular flexibility index (Phi) is 8.43. The maximum atomic E-state index is 12.8. The second-order valence-electron chi connectivity index (χ2n) is 7.83. The Morgan fingerprint density at radius 2 is 1.47 bits per heavy atom. The SMILES string of the molecule is CC(C(=O)Oc1ccccc1)C(CCc1ccccc1)NNC(=O)c1ccc(C(F)(F)F)cc1. The largest absolute Gasteiger partial charge is 0.426 e.